The molecule has 0 aromatic rings. The Hall–Kier alpha value is -1.43. The van der Waals surface area contributed by atoms with Gasteiger partial charge in [-0.1, -0.05) is 230 Å². The van der Waals surface area contributed by atoms with Crippen molar-refractivity contribution in [2.24, 2.45) is 0 Å². The molecule has 0 fully saturated rings. The van der Waals surface area contributed by atoms with E-state index in [0.717, 1.165) is 38.5 Å². The molecule has 0 aliphatic carbocycles. The highest BCUT2D eigenvalue weighted by Crippen LogP contribution is 2.16. The monoisotopic (exact) mass is 760 g/mol. The summed E-state index contributed by atoms with van der Waals surface area (Å²) in [5.74, 6) is -0.327. The van der Waals surface area contributed by atoms with E-state index in [2.05, 4.69) is 43.5 Å². The molecule has 0 radical (unpaired) electrons. The van der Waals surface area contributed by atoms with E-state index in [9.17, 15) is 20.1 Å². The molecule has 0 saturated heterocycles. The van der Waals surface area contributed by atoms with E-state index < -0.39 is 18.2 Å². The van der Waals surface area contributed by atoms with Crippen molar-refractivity contribution in [3.8, 4) is 0 Å². The number of nitrogens with one attached hydrogen (secondary N) is 1. The smallest absolute Gasteiger partial charge is 0.222 e. The Bertz CT molecular complexity index is 840. The fraction of sp³-hybridized carbons (Fsp3) is 0.857. The highest BCUT2D eigenvalue weighted by Gasteiger charge is 2.20. The Kier molecular flexibility index (Phi) is 43.1. The fourth-order valence-electron chi connectivity index (χ4n) is 7.25. The molecule has 4 N–H and O–H groups in total. The van der Waals surface area contributed by atoms with E-state index in [1.165, 1.54) is 180 Å². The second-order valence-electron chi connectivity index (χ2n) is 16.4. The number of unbranched alkanes of at least 4 members (excludes halogenated alkanes) is 30. The number of aliphatic hydroxyl groups excluding tert-OH is 3. The molecular formula is C49H93NO4. The molecule has 0 aliphatic rings. The summed E-state index contributed by atoms with van der Waals surface area (Å²) in [6.07, 6.45) is 55.9. The fourth-order valence-corrected chi connectivity index (χ4v) is 7.25. The predicted molar refractivity (Wildman–Crippen MR) is 236 cm³/mol. The van der Waals surface area contributed by atoms with Crippen LogP contribution in [0.15, 0.2) is 36.5 Å². The molecule has 0 aromatic heterocycles. The van der Waals surface area contributed by atoms with Crippen molar-refractivity contribution < 1.29 is 20.1 Å². The molecule has 318 valence electrons. The van der Waals surface area contributed by atoms with Crippen LogP contribution in [0.1, 0.15) is 245 Å². The largest absolute Gasteiger partial charge is 0.394 e. The van der Waals surface area contributed by atoms with E-state index in [1.807, 2.05) is 6.08 Å². The van der Waals surface area contributed by atoms with Crippen molar-refractivity contribution in [1.29, 1.82) is 0 Å². The minimum Gasteiger partial charge on any atom is -0.394 e. The van der Waals surface area contributed by atoms with Gasteiger partial charge in [0.05, 0.1) is 31.3 Å². The molecule has 54 heavy (non-hydrogen) atoms. The van der Waals surface area contributed by atoms with Gasteiger partial charge in [0.25, 0.3) is 0 Å². The Labute approximate surface area is 336 Å². The van der Waals surface area contributed by atoms with Gasteiger partial charge in [-0.15, -0.1) is 0 Å². The van der Waals surface area contributed by atoms with Crippen molar-refractivity contribution in [2.45, 2.75) is 263 Å². The Morgan fingerprint density at radius 1 is 0.463 bits per heavy atom. The lowest BCUT2D eigenvalue weighted by Crippen LogP contribution is -2.45. The highest BCUT2D eigenvalue weighted by molar-refractivity contribution is 5.76. The van der Waals surface area contributed by atoms with Crippen molar-refractivity contribution in [1.82, 2.24) is 5.32 Å². The van der Waals surface area contributed by atoms with Crippen LogP contribution in [0.2, 0.25) is 0 Å². The first-order valence-electron chi connectivity index (χ1n) is 23.8. The Balaban J connectivity index is 3.62. The summed E-state index contributed by atoms with van der Waals surface area (Å²) in [6.45, 7) is 4.19. The summed E-state index contributed by atoms with van der Waals surface area (Å²) in [7, 11) is 0. The number of allylic oxidation sites excluding steroid dienone is 5. The van der Waals surface area contributed by atoms with E-state index in [4.69, 9.17) is 0 Å². The number of rotatable bonds is 43. The Morgan fingerprint density at radius 2 is 0.796 bits per heavy atom. The lowest BCUT2D eigenvalue weighted by Gasteiger charge is -2.21. The SMILES string of the molecule is CCCCCCC/C=C/CC/C=C/CC/C=C/C(O)C(CO)NC(=O)CC(O)CCCCCCCCCCCCCCCCCCCCCCCCCC. The van der Waals surface area contributed by atoms with E-state index in [-0.39, 0.29) is 18.9 Å². The maximum Gasteiger partial charge on any atom is 0.222 e. The van der Waals surface area contributed by atoms with Gasteiger partial charge < -0.3 is 20.6 Å². The number of hydrogen-bond donors (Lipinski definition) is 4. The van der Waals surface area contributed by atoms with Gasteiger partial charge in [0.1, 0.15) is 0 Å². The number of carbonyl (C=O) groups excluding carboxylic acids is 1. The third-order valence-electron chi connectivity index (χ3n) is 10.9. The van der Waals surface area contributed by atoms with E-state index in [0.29, 0.717) is 6.42 Å². The average molecular weight is 760 g/mol. The van der Waals surface area contributed by atoms with Crippen molar-refractivity contribution >= 4 is 5.91 Å². The van der Waals surface area contributed by atoms with Gasteiger partial charge in [-0.05, 0) is 44.9 Å². The molecule has 5 nitrogen and oxygen atoms in total. The van der Waals surface area contributed by atoms with Gasteiger partial charge in [-0.3, -0.25) is 4.79 Å². The molecule has 0 bridgehead atoms. The first kappa shape index (κ1) is 52.6. The van der Waals surface area contributed by atoms with Gasteiger partial charge in [-0.2, -0.15) is 0 Å². The second-order valence-corrected chi connectivity index (χ2v) is 16.4. The predicted octanol–water partition coefficient (Wildman–Crippen LogP) is 13.9. The Morgan fingerprint density at radius 3 is 1.19 bits per heavy atom. The zero-order chi connectivity index (χ0) is 39.4. The lowest BCUT2D eigenvalue weighted by atomic mass is 10.0. The molecule has 3 atom stereocenters. The van der Waals surface area contributed by atoms with Crippen LogP contribution in [0.3, 0.4) is 0 Å². The quantitative estimate of drug-likeness (QED) is 0.0368. The first-order chi connectivity index (χ1) is 26.5. The molecule has 5 heteroatoms. The van der Waals surface area contributed by atoms with Gasteiger partial charge in [0, 0.05) is 0 Å². The zero-order valence-electron chi connectivity index (χ0n) is 36.1. The maximum atomic E-state index is 12.4. The maximum absolute atomic E-state index is 12.4. The van der Waals surface area contributed by atoms with Gasteiger partial charge >= 0.3 is 0 Å². The molecule has 0 spiro atoms. The topological polar surface area (TPSA) is 89.8 Å². The summed E-state index contributed by atoms with van der Waals surface area (Å²) in [6, 6.07) is -0.765. The van der Waals surface area contributed by atoms with Crippen molar-refractivity contribution in [2.75, 3.05) is 6.61 Å². The average Bonchev–Trinajstić information content (AvgIpc) is 3.16. The molecule has 1 amide bonds. The van der Waals surface area contributed by atoms with Crippen LogP contribution in [0.5, 0.6) is 0 Å². The summed E-state index contributed by atoms with van der Waals surface area (Å²) in [4.78, 5) is 12.4. The second kappa shape index (κ2) is 44.3. The highest BCUT2D eigenvalue weighted by atomic mass is 16.3. The molecule has 3 unspecified atom stereocenters. The van der Waals surface area contributed by atoms with Crippen LogP contribution in [-0.2, 0) is 4.79 Å². The summed E-state index contributed by atoms with van der Waals surface area (Å²) in [5.41, 5.74) is 0. The molecular weight excluding hydrogens is 667 g/mol. The molecule has 0 rings (SSSR count). The van der Waals surface area contributed by atoms with Gasteiger partial charge in [-0.25, -0.2) is 0 Å². The molecule has 0 saturated carbocycles. The van der Waals surface area contributed by atoms with Gasteiger partial charge in [0.2, 0.25) is 5.91 Å². The third-order valence-corrected chi connectivity index (χ3v) is 10.9. The van der Waals surface area contributed by atoms with Crippen molar-refractivity contribution in [3.63, 3.8) is 0 Å². The van der Waals surface area contributed by atoms with Crippen LogP contribution in [-0.4, -0.2) is 46.1 Å². The van der Waals surface area contributed by atoms with Crippen molar-refractivity contribution in [3.05, 3.63) is 36.5 Å². The number of hydrogen-bond acceptors (Lipinski definition) is 4. The first-order valence-corrected chi connectivity index (χ1v) is 23.8. The van der Waals surface area contributed by atoms with Crippen LogP contribution >= 0.6 is 0 Å². The molecule has 0 aliphatic heterocycles. The standard InChI is InChI=1S/C49H93NO4/c1-3-5-7-9-11-13-15-17-19-20-21-22-23-24-25-26-27-29-30-32-34-36-38-40-42-46(52)44-49(54)50-47(45-51)48(53)43-41-39-37-35-33-31-28-18-16-14-12-10-8-6-4-2/h16,18,33,35,41,43,46-48,51-53H,3-15,17,19-32,34,36-40,42,44-45H2,1-2H3,(H,50,54)/b18-16+,35-33+,43-41+. The molecule has 0 aromatic carbocycles. The van der Waals surface area contributed by atoms with E-state index in [1.54, 1.807) is 6.08 Å². The minimum absolute atomic E-state index is 0.00519. The van der Waals surface area contributed by atoms with E-state index >= 15 is 0 Å². The van der Waals surface area contributed by atoms with Crippen LogP contribution < -0.4 is 5.32 Å². The minimum atomic E-state index is -0.957. The molecule has 0 heterocycles. The zero-order valence-corrected chi connectivity index (χ0v) is 36.1. The van der Waals surface area contributed by atoms with Gasteiger partial charge in [0.15, 0.2) is 0 Å². The lowest BCUT2D eigenvalue weighted by molar-refractivity contribution is -0.124. The number of aliphatic hydroxyl groups is 3. The third kappa shape index (κ3) is 40.2. The number of amides is 1. The normalized spacial score (nSPS) is 13.8. The van der Waals surface area contributed by atoms with Crippen LogP contribution in [0.4, 0.5) is 0 Å². The van der Waals surface area contributed by atoms with Crippen LogP contribution in [0.25, 0.3) is 0 Å². The van der Waals surface area contributed by atoms with Crippen LogP contribution in [0, 0.1) is 0 Å². The number of carbonyl (C=O) groups is 1. The summed E-state index contributed by atoms with van der Waals surface area (Å²) in [5, 5.41) is 33.2. The summed E-state index contributed by atoms with van der Waals surface area (Å²) >= 11 is 0. The summed E-state index contributed by atoms with van der Waals surface area (Å²) < 4.78 is 0.